The van der Waals surface area contributed by atoms with E-state index in [1.807, 2.05) is 36.4 Å². The number of nitrogens with one attached hydrogen (secondary N) is 1. The summed E-state index contributed by atoms with van der Waals surface area (Å²) in [5, 5.41) is 2.86. The molecule has 38 heavy (non-hydrogen) atoms. The molecule has 6 nitrogen and oxygen atoms in total. The number of rotatable bonds is 12. The highest BCUT2D eigenvalue weighted by Gasteiger charge is 2.18. The van der Waals surface area contributed by atoms with Crippen molar-refractivity contribution in [3.05, 3.63) is 95.1 Å². The molecule has 0 radical (unpaired) electrons. The number of ether oxygens (including phenoxy) is 1. The summed E-state index contributed by atoms with van der Waals surface area (Å²) >= 11 is 0. The van der Waals surface area contributed by atoms with Gasteiger partial charge in [0, 0.05) is 5.56 Å². The van der Waals surface area contributed by atoms with Crippen molar-refractivity contribution in [3.63, 3.8) is 0 Å². The van der Waals surface area contributed by atoms with Crippen LogP contribution in [0.3, 0.4) is 0 Å². The minimum Gasteiger partial charge on any atom is -0.492 e. The van der Waals surface area contributed by atoms with E-state index >= 15 is 0 Å². The first-order valence-corrected chi connectivity index (χ1v) is 15.0. The van der Waals surface area contributed by atoms with Gasteiger partial charge in [-0.1, -0.05) is 70.5 Å². The van der Waals surface area contributed by atoms with Gasteiger partial charge in [0.1, 0.15) is 12.4 Å². The molecule has 3 rings (SSSR count). The quantitative estimate of drug-likeness (QED) is 0.284. The van der Waals surface area contributed by atoms with Gasteiger partial charge in [-0.2, -0.15) is 0 Å². The minimum absolute atomic E-state index is 0.0879. The molecule has 1 amide bonds. The van der Waals surface area contributed by atoms with Crippen LogP contribution in [0.4, 0.5) is 5.69 Å². The Labute approximate surface area is 228 Å². The van der Waals surface area contributed by atoms with Gasteiger partial charge in [-0.05, 0) is 71.3 Å². The molecule has 0 fully saturated rings. The summed E-state index contributed by atoms with van der Waals surface area (Å²) in [4.78, 5) is 12.6. The summed E-state index contributed by atoms with van der Waals surface area (Å²) in [5.41, 5.74) is 4.45. The molecule has 0 aliphatic carbocycles. The molecule has 0 unspecified atom stereocenters. The molecule has 204 valence electrons. The number of benzene rings is 3. The van der Waals surface area contributed by atoms with Crippen molar-refractivity contribution in [2.24, 2.45) is 0 Å². The van der Waals surface area contributed by atoms with E-state index < -0.39 is 10.0 Å². The Morgan fingerprint density at radius 2 is 1.50 bits per heavy atom. The molecular formula is C31H40N2O4S. The van der Waals surface area contributed by atoms with Gasteiger partial charge < -0.3 is 10.1 Å². The number of hydrogen-bond donors (Lipinski definition) is 1. The largest absolute Gasteiger partial charge is 0.492 e. The predicted octanol–water partition coefficient (Wildman–Crippen LogP) is 6.10. The lowest BCUT2D eigenvalue weighted by Crippen LogP contribution is -2.29. The molecule has 3 aromatic rings. The molecule has 0 heterocycles. The third-order valence-corrected chi connectivity index (χ3v) is 7.50. The van der Waals surface area contributed by atoms with E-state index in [4.69, 9.17) is 4.74 Å². The van der Waals surface area contributed by atoms with Gasteiger partial charge in [0.2, 0.25) is 10.0 Å². The standard InChI is InChI=1S/C31H40N2O4S/c1-6-7-8-24-11-17-28(18-12-24)33(38(5,35)36)23-25-9-13-26(14-10-25)30(34)32-21-22-37-29-19-15-27(16-20-29)31(2,3)4/h9-20H,6-8,21-23H2,1-5H3,(H,32,34). The second-order valence-electron chi connectivity index (χ2n) is 10.6. The lowest BCUT2D eigenvalue weighted by atomic mass is 9.87. The molecule has 0 saturated heterocycles. The molecule has 0 atom stereocenters. The van der Waals surface area contributed by atoms with E-state index in [9.17, 15) is 13.2 Å². The summed E-state index contributed by atoms with van der Waals surface area (Å²) < 4.78 is 32.2. The SMILES string of the molecule is CCCCc1ccc(N(Cc2ccc(C(=O)NCCOc3ccc(C(C)(C)C)cc3)cc2)S(C)(=O)=O)cc1. The van der Waals surface area contributed by atoms with E-state index in [2.05, 4.69) is 45.1 Å². The van der Waals surface area contributed by atoms with Gasteiger partial charge in [-0.15, -0.1) is 0 Å². The van der Waals surface area contributed by atoms with Crippen LogP contribution in [-0.4, -0.2) is 33.7 Å². The average molecular weight is 537 g/mol. The topological polar surface area (TPSA) is 75.7 Å². The van der Waals surface area contributed by atoms with Gasteiger partial charge in [-0.3, -0.25) is 9.10 Å². The Morgan fingerprint density at radius 1 is 0.895 bits per heavy atom. The normalized spacial score (nSPS) is 11.7. The van der Waals surface area contributed by atoms with Crippen molar-refractivity contribution >= 4 is 21.6 Å². The number of unbranched alkanes of at least 4 members (excludes halogenated alkanes) is 1. The fourth-order valence-electron chi connectivity index (χ4n) is 4.02. The Morgan fingerprint density at radius 3 is 2.05 bits per heavy atom. The van der Waals surface area contributed by atoms with Crippen molar-refractivity contribution < 1.29 is 17.9 Å². The highest BCUT2D eigenvalue weighted by Crippen LogP contribution is 2.24. The number of sulfonamides is 1. The highest BCUT2D eigenvalue weighted by molar-refractivity contribution is 7.92. The lowest BCUT2D eigenvalue weighted by molar-refractivity contribution is 0.0947. The summed E-state index contributed by atoms with van der Waals surface area (Å²) in [6, 6.07) is 22.7. The van der Waals surface area contributed by atoms with Crippen LogP contribution in [0, 0.1) is 0 Å². The molecule has 3 aromatic carbocycles. The van der Waals surface area contributed by atoms with Crippen LogP contribution >= 0.6 is 0 Å². The van der Waals surface area contributed by atoms with Crippen LogP contribution < -0.4 is 14.4 Å². The number of nitrogens with zero attached hydrogens (tertiary/aromatic N) is 1. The second-order valence-corrected chi connectivity index (χ2v) is 12.5. The molecule has 0 aromatic heterocycles. The number of anilines is 1. The van der Waals surface area contributed by atoms with E-state index in [0.717, 1.165) is 30.6 Å². The number of aryl methyl sites for hydroxylation is 1. The summed E-state index contributed by atoms with van der Waals surface area (Å²) in [5.74, 6) is 0.563. The molecule has 0 saturated carbocycles. The van der Waals surface area contributed by atoms with Gasteiger partial charge in [0.15, 0.2) is 0 Å². The molecule has 0 spiro atoms. The third-order valence-electron chi connectivity index (χ3n) is 6.36. The van der Waals surface area contributed by atoms with Crippen molar-refractivity contribution in [1.29, 1.82) is 0 Å². The number of carbonyl (C=O) groups is 1. The van der Waals surface area contributed by atoms with E-state index in [1.165, 1.54) is 21.7 Å². The van der Waals surface area contributed by atoms with E-state index in [1.54, 1.807) is 24.3 Å². The average Bonchev–Trinajstić information content (AvgIpc) is 2.88. The number of amides is 1. The van der Waals surface area contributed by atoms with Crippen LogP contribution in [0.25, 0.3) is 0 Å². The van der Waals surface area contributed by atoms with Gasteiger partial charge >= 0.3 is 0 Å². The van der Waals surface area contributed by atoms with E-state index in [0.29, 0.717) is 24.4 Å². The monoisotopic (exact) mass is 536 g/mol. The highest BCUT2D eigenvalue weighted by atomic mass is 32.2. The molecule has 0 bridgehead atoms. The maximum atomic E-state index is 12.6. The van der Waals surface area contributed by atoms with Crippen LogP contribution in [0.5, 0.6) is 5.75 Å². The summed E-state index contributed by atoms with van der Waals surface area (Å²) in [6.45, 7) is 9.57. The maximum Gasteiger partial charge on any atom is 0.251 e. The molecule has 0 aliphatic rings. The number of hydrogen-bond acceptors (Lipinski definition) is 4. The number of carbonyl (C=O) groups excluding carboxylic acids is 1. The first-order valence-electron chi connectivity index (χ1n) is 13.1. The van der Waals surface area contributed by atoms with Crippen molar-refractivity contribution in [2.75, 3.05) is 23.7 Å². The molecule has 1 N–H and O–H groups in total. The van der Waals surface area contributed by atoms with Crippen LogP contribution in [0.15, 0.2) is 72.8 Å². The molecule has 7 heteroatoms. The molecular weight excluding hydrogens is 496 g/mol. The maximum absolute atomic E-state index is 12.6. The summed E-state index contributed by atoms with van der Waals surface area (Å²) in [7, 11) is -3.48. The fraction of sp³-hybridized carbons (Fsp3) is 0.387. The Hall–Kier alpha value is -3.32. The van der Waals surface area contributed by atoms with Crippen LogP contribution in [0.2, 0.25) is 0 Å². The van der Waals surface area contributed by atoms with Crippen LogP contribution in [-0.2, 0) is 28.4 Å². The van der Waals surface area contributed by atoms with Crippen molar-refractivity contribution in [3.8, 4) is 5.75 Å². The zero-order valence-electron chi connectivity index (χ0n) is 23.2. The fourth-order valence-corrected chi connectivity index (χ4v) is 4.91. The smallest absolute Gasteiger partial charge is 0.251 e. The molecule has 0 aliphatic heterocycles. The predicted molar refractivity (Wildman–Crippen MR) is 155 cm³/mol. The van der Waals surface area contributed by atoms with Crippen molar-refractivity contribution in [1.82, 2.24) is 5.32 Å². The van der Waals surface area contributed by atoms with Crippen LogP contribution in [0.1, 0.15) is 67.6 Å². The van der Waals surface area contributed by atoms with Gasteiger partial charge in [0.25, 0.3) is 5.91 Å². The first kappa shape index (κ1) is 29.2. The van der Waals surface area contributed by atoms with Gasteiger partial charge in [0.05, 0.1) is 25.0 Å². The van der Waals surface area contributed by atoms with E-state index in [-0.39, 0.29) is 17.9 Å². The zero-order valence-corrected chi connectivity index (χ0v) is 24.0. The summed E-state index contributed by atoms with van der Waals surface area (Å²) in [6.07, 6.45) is 4.41. The lowest BCUT2D eigenvalue weighted by Gasteiger charge is -2.23. The van der Waals surface area contributed by atoms with Gasteiger partial charge in [-0.25, -0.2) is 8.42 Å². The Balaban J connectivity index is 1.53. The Kier molecular flexibility index (Phi) is 9.97. The van der Waals surface area contributed by atoms with Crippen molar-refractivity contribution in [2.45, 2.75) is 58.9 Å². The second kappa shape index (κ2) is 13.0. The zero-order chi connectivity index (χ0) is 27.8. The Bertz CT molecular complexity index is 1280. The third kappa shape index (κ3) is 8.62. The minimum atomic E-state index is -3.48. The first-order chi connectivity index (χ1) is 18.0.